The number of hydrogen-bond acceptors (Lipinski definition) is 5. The van der Waals surface area contributed by atoms with Gasteiger partial charge >= 0.3 is 5.97 Å². The van der Waals surface area contributed by atoms with Crippen LogP contribution in [-0.4, -0.2) is 34.2 Å². The lowest BCUT2D eigenvalue weighted by Crippen LogP contribution is -2.46. The number of aliphatic hydroxyl groups is 1. The SMILES string of the molecule is CCOC(=O)/C(Cc1ccccc1)=C(O)/C=C1\NC(C)(C)N(Cc2ccccc2)C1=O. The largest absolute Gasteiger partial charge is 0.507 e. The van der Waals surface area contributed by atoms with Gasteiger partial charge in [0.2, 0.25) is 0 Å². The Morgan fingerprint density at radius 1 is 1.06 bits per heavy atom. The van der Waals surface area contributed by atoms with Crippen LogP contribution in [0, 0.1) is 0 Å². The van der Waals surface area contributed by atoms with Crippen molar-refractivity contribution in [3.63, 3.8) is 0 Å². The minimum Gasteiger partial charge on any atom is -0.507 e. The third-order valence-electron chi connectivity index (χ3n) is 5.11. The Bertz CT molecular complexity index is 995. The third kappa shape index (κ3) is 5.34. The number of aliphatic hydroxyl groups excluding tert-OH is 1. The van der Waals surface area contributed by atoms with Crippen LogP contribution in [0.4, 0.5) is 0 Å². The Kier molecular flexibility index (Phi) is 6.80. The first-order valence-corrected chi connectivity index (χ1v) is 10.3. The number of nitrogens with one attached hydrogen (secondary N) is 1. The smallest absolute Gasteiger partial charge is 0.338 e. The van der Waals surface area contributed by atoms with Gasteiger partial charge in [-0.25, -0.2) is 4.79 Å². The van der Waals surface area contributed by atoms with Crippen LogP contribution in [0.3, 0.4) is 0 Å². The summed E-state index contributed by atoms with van der Waals surface area (Å²) >= 11 is 0. The molecule has 6 nitrogen and oxygen atoms in total. The predicted octanol–water partition coefficient (Wildman–Crippen LogP) is 3.86. The summed E-state index contributed by atoms with van der Waals surface area (Å²) in [6.45, 7) is 6.11. The molecule has 0 aromatic heterocycles. The van der Waals surface area contributed by atoms with Crippen molar-refractivity contribution >= 4 is 11.9 Å². The van der Waals surface area contributed by atoms with E-state index in [4.69, 9.17) is 4.74 Å². The molecule has 2 aromatic carbocycles. The van der Waals surface area contributed by atoms with E-state index in [0.717, 1.165) is 11.1 Å². The van der Waals surface area contributed by atoms with E-state index in [-0.39, 0.29) is 36.0 Å². The molecule has 1 amide bonds. The van der Waals surface area contributed by atoms with Crippen molar-refractivity contribution in [3.8, 4) is 0 Å². The zero-order valence-corrected chi connectivity index (χ0v) is 18.1. The van der Waals surface area contributed by atoms with Crippen molar-refractivity contribution in [2.45, 2.75) is 39.4 Å². The predicted molar refractivity (Wildman–Crippen MR) is 119 cm³/mol. The van der Waals surface area contributed by atoms with Gasteiger partial charge in [-0.05, 0) is 31.9 Å². The zero-order chi connectivity index (χ0) is 22.4. The molecule has 6 heteroatoms. The van der Waals surface area contributed by atoms with Gasteiger partial charge in [0.05, 0.1) is 12.2 Å². The Balaban J connectivity index is 1.91. The Labute approximate surface area is 182 Å². The van der Waals surface area contributed by atoms with Crippen molar-refractivity contribution in [2.24, 2.45) is 0 Å². The molecule has 0 bridgehead atoms. The topological polar surface area (TPSA) is 78.9 Å². The van der Waals surface area contributed by atoms with Gasteiger partial charge in [-0.2, -0.15) is 0 Å². The second kappa shape index (κ2) is 9.51. The molecule has 0 spiro atoms. The summed E-state index contributed by atoms with van der Waals surface area (Å²) in [5.41, 5.74) is 1.54. The summed E-state index contributed by atoms with van der Waals surface area (Å²) in [6.07, 6.45) is 1.52. The average molecular weight is 421 g/mol. The minimum atomic E-state index is -0.650. The quantitative estimate of drug-likeness (QED) is 0.404. The first-order valence-electron chi connectivity index (χ1n) is 10.3. The molecule has 0 radical (unpaired) electrons. The highest BCUT2D eigenvalue weighted by atomic mass is 16.5. The van der Waals surface area contributed by atoms with Gasteiger partial charge in [0.1, 0.15) is 17.1 Å². The van der Waals surface area contributed by atoms with Gasteiger partial charge in [-0.15, -0.1) is 0 Å². The molecular weight excluding hydrogens is 392 g/mol. The zero-order valence-electron chi connectivity index (χ0n) is 18.1. The highest BCUT2D eigenvalue weighted by Gasteiger charge is 2.41. The van der Waals surface area contributed by atoms with E-state index in [2.05, 4.69) is 5.32 Å². The average Bonchev–Trinajstić information content (AvgIpc) is 2.96. The fraction of sp³-hybridized carbons (Fsp3) is 0.280. The van der Waals surface area contributed by atoms with E-state index in [1.807, 2.05) is 74.5 Å². The molecule has 162 valence electrons. The molecule has 1 heterocycles. The second-order valence-corrected chi connectivity index (χ2v) is 7.87. The van der Waals surface area contributed by atoms with Crippen molar-refractivity contribution in [1.29, 1.82) is 0 Å². The fourth-order valence-electron chi connectivity index (χ4n) is 3.49. The first kappa shape index (κ1) is 22.2. The summed E-state index contributed by atoms with van der Waals surface area (Å²) < 4.78 is 5.13. The maximum absolute atomic E-state index is 13.1. The van der Waals surface area contributed by atoms with E-state index in [1.54, 1.807) is 11.8 Å². The van der Waals surface area contributed by atoms with E-state index >= 15 is 0 Å². The van der Waals surface area contributed by atoms with E-state index in [0.29, 0.717) is 6.54 Å². The lowest BCUT2D eigenvalue weighted by Gasteiger charge is -2.30. The standard InChI is InChI=1S/C25H28N2O4/c1-4-31-24(30)20(15-18-11-7-5-8-12-18)22(28)16-21-23(29)27(25(2,3)26-21)17-19-13-9-6-10-14-19/h5-14,16,26,28H,4,15,17H2,1-3H3/b21-16-,22-20-. The Hall–Kier alpha value is -3.54. The van der Waals surface area contributed by atoms with Crippen molar-refractivity contribution < 1.29 is 19.4 Å². The molecule has 2 N–H and O–H groups in total. The molecule has 1 fully saturated rings. The monoisotopic (exact) mass is 420 g/mol. The van der Waals surface area contributed by atoms with Crippen LogP contribution in [0.1, 0.15) is 31.9 Å². The number of nitrogens with zero attached hydrogens (tertiary/aromatic N) is 1. The summed E-state index contributed by atoms with van der Waals surface area (Å²) in [5.74, 6) is -1.13. The van der Waals surface area contributed by atoms with Gasteiger partial charge in [-0.1, -0.05) is 60.7 Å². The number of carbonyl (C=O) groups excluding carboxylic acids is 2. The normalized spacial score (nSPS) is 17.3. The van der Waals surface area contributed by atoms with Gasteiger partial charge in [0.25, 0.3) is 5.91 Å². The molecule has 31 heavy (non-hydrogen) atoms. The molecule has 3 rings (SSSR count). The van der Waals surface area contributed by atoms with Crippen LogP contribution in [0.15, 0.2) is 83.8 Å². The third-order valence-corrected chi connectivity index (χ3v) is 5.11. The summed E-state index contributed by atoms with van der Waals surface area (Å²) in [5, 5.41) is 13.9. The number of ether oxygens (including phenoxy) is 1. The molecule has 1 saturated heterocycles. The molecule has 2 aromatic rings. The van der Waals surface area contributed by atoms with Gasteiger partial charge in [0.15, 0.2) is 0 Å². The van der Waals surface area contributed by atoms with E-state index in [1.165, 1.54) is 6.08 Å². The highest BCUT2D eigenvalue weighted by molar-refractivity contribution is 5.97. The van der Waals surface area contributed by atoms with Crippen LogP contribution < -0.4 is 5.32 Å². The Morgan fingerprint density at radius 3 is 2.23 bits per heavy atom. The molecule has 0 aliphatic carbocycles. The maximum atomic E-state index is 13.1. The van der Waals surface area contributed by atoms with Gasteiger partial charge in [-0.3, -0.25) is 4.79 Å². The number of carbonyl (C=O) groups is 2. The minimum absolute atomic E-state index is 0.106. The number of hydrogen-bond donors (Lipinski definition) is 2. The van der Waals surface area contributed by atoms with E-state index < -0.39 is 11.6 Å². The molecule has 1 aliphatic rings. The summed E-state index contributed by atoms with van der Waals surface area (Å²) in [6, 6.07) is 19.0. The van der Waals surface area contributed by atoms with Crippen molar-refractivity contribution in [1.82, 2.24) is 10.2 Å². The first-order chi connectivity index (χ1) is 14.8. The van der Waals surface area contributed by atoms with Crippen LogP contribution in [0.5, 0.6) is 0 Å². The number of rotatable bonds is 7. The summed E-state index contributed by atoms with van der Waals surface area (Å²) in [7, 11) is 0. The van der Waals surface area contributed by atoms with E-state index in [9.17, 15) is 14.7 Å². The fourth-order valence-corrected chi connectivity index (χ4v) is 3.49. The van der Waals surface area contributed by atoms with Crippen molar-refractivity contribution in [2.75, 3.05) is 6.61 Å². The summed E-state index contributed by atoms with van der Waals surface area (Å²) in [4.78, 5) is 27.3. The second-order valence-electron chi connectivity index (χ2n) is 7.87. The van der Waals surface area contributed by atoms with Gasteiger partial charge in [0, 0.05) is 19.0 Å². The molecule has 1 aliphatic heterocycles. The maximum Gasteiger partial charge on any atom is 0.338 e. The van der Waals surface area contributed by atoms with Crippen LogP contribution in [-0.2, 0) is 27.3 Å². The number of esters is 1. The van der Waals surface area contributed by atoms with Crippen LogP contribution in [0.25, 0.3) is 0 Å². The molecule has 0 saturated carbocycles. The van der Waals surface area contributed by atoms with Crippen molar-refractivity contribution in [3.05, 3.63) is 94.9 Å². The molecule has 0 atom stereocenters. The van der Waals surface area contributed by atoms with Crippen LogP contribution >= 0.6 is 0 Å². The van der Waals surface area contributed by atoms with Gasteiger partial charge < -0.3 is 20.1 Å². The lowest BCUT2D eigenvalue weighted by atomic mass is 10.0. The number of allylic oxidation sites excluding steroid dienone is 1. The Morgan fingerprint density at radius 2 is 1.65 bits per heavy atom. The highest BCUT2D eigenvalue weighted by Crippen LogP contribution is 2.27. The lowest BCUT2D eigenvalue weighted by molar-refractivity contribution is -0.138. The molecular formula is C25H28N2O4. The number of amides is 1. The number of benzene rings is 2. The van der Waals surface area contributed by atoms with Crippen LogP contribution in [0.2, 0.25) is 0 Å². The molecule has 0 unspecified atom stereocenters.